The van der Waals surface area contributed by atoms with Crippen molar-refractivity contribution in [2.24, 2.45) is 0 Å². The molecule has 1 aliphatic heterocycles. The molecule has 2 atom stereocenters. The molecule has 1 aromatic rings. The SMILES string of the molecule is CCc1nc(C2CCC(C)O2)nc(Cl)c1I. The molecule has 0 saturated carbocycles. The fraction of sp³-hybridized carbons (Fsp3) is 0.636. The van der Waals surface area contributed by atoms with Gasteiger partial charge in [0, 0.05) is 0 Å². The molecule has 0 radical (unpaired) electrons. The van der Waals surface area contributed by atoms with Crippen molar-refractivity contribution in [2.45, 2.75) is 45.3 Å². The highest BCUT2D eigenvalue weighted by Crippen LogP contribution is 2.32. The molecule has 0 N–H and O–H groups in total. The summed E-state index contributed by atoms with van der Waals surface area (Å²) >= 11 is 8.29. The Hall–Kier alpha value is 0.0600. The predicted octanol–water partition coefficient (Wildman–Crippen LogP) is 3.54. The van der Waals surface area contributed by atoms with Crippen LogP contribution in [0.3, 0.4) is 0 Å². The molecule has 0 bridgehead atoms. The van der Waals surface area contributed by atoms with Gasteiger partial charge in [0.2, 0.25) is 0 Å². The highest BCUT2D eigenvalue weighted by molar-refractivity contribution is 14.1. The fourth-order valence-electron chi connectivity index (χ4n) is 1.85. The van der Waals surface area contributed by atoms with Crippen LogP contribution in [-0.2, 0) is 11.2 Å². The summed E-state index contributed by atoms with van der Waals surface area (Å²) in [4.78, 5) is 8.86. The maximum atomic E-state index is 6.10. The Balaban J connectivity index is 2.31. The lowest BCUT2D eigenvalue weighted by Gasteiger charge is -2.12. The van der Waals surface area contributed by atoms with Crippen LogP contribution in [0.15, 0.2) is 0 Å². The molecular weight excluding hydrogens is 338 g/mol. The van der Waals surface area contributed by atoms with E-state index in [1.54, 1.807) is 0 Å². The van der Waals surface area contributed by atoms with Gasteiger partial charge in [-0.15, -0.1) is 0 Å². The molecule has 2 rings (SSSR count). The number of rotatable bonds is 2. The second-order valence-corrected chi connectivity index (χ2v) is 5.44. The first-order chi connectivity index (χ1) is 7.61. The van der Waals surface area contributed by atoms with Crippen LogP contribution in [0.1, 0.15) is 44.3 Å². The zero-order valence-corrected chi connectivity index (χ0v) is 12.2. The smallest absolute Gasteiger partial charge is 0.159 e. The van der Waals surface area contributed by atoms with Crippen molar-refractivity contribution in [2.75, 3.05) is 0 Å². The average molecular weight is 353 g/mol. The van der Waals surface area contributed by atoms with Crippen LogP contribution in [0.4, 0.5) is 0 Å². The lowest BCUT2D eigenvalue weighted by atomic mass is 10.2. The molecule has 0 amide bonds. The Morgan fingerprint density at radius 2 is 2.19 bits per heavy atom. The van der Waals surface area contributed by atoms with E-state index >= 15 is 0 Å². The quantitative estimate of drug-likeness (QED) is 0.603. The number of nitrogens with zero attached hydrogens (tertiary/aromatic N) is 2. The van der Waals surface area contributed by atoms with Gasteiger partial charge in [-0.1, -0.05) is 18.5 Å². The molecule has 16 heavy (non-hydrogen) atoms. The molecule has 0 aliphatic carbocycles. The molecule has 88 valence electrons. The monoisotopic (exact) mass is 352 g/mol. The summed E-state index contributed by atoms with van der Waals surface area (Å²) in [6.45, 7) is 4.15. The van der Waals surface area contributed by atoms with Gasteiger partial charge in [0.1, 0.15) is 11.3 Å². The Morgan fingerprint density at radius 3 is 2.75 bits per heavy atom. The van der Waals surface area contributed by atoms with Crippen LogP contribution in [0.2, 0.25) is 5.15 Å². The Kier molecular flexibility index (Phi) is 4.02. The Bertz CT molecular complexity index is 400. The van der Waals surface area contributed by atoms with Crippen molar-refractivity contribution in [1.82, 2.24) is 9.97 Å². The van der Waals surface area contributed by atoms with Crippen molar-refractivity contribution in [3.05, 3.63) is 20.2 Å². The molecular formula is C11H14ClIN2O. The van der Waals surface area contributed by atoms with Crippen molar-refractivity contribution >= 4 is 34.2 Å². The third-order valence-corrected chi connectivity index (χ3v) is 4.48. The van der Waals surface area contributed by atoms with Crippen molar-refractivity contribution in [3.8, 4) is 0 Å². The van der Waals surface area contributed by atoms with Gasteiger partial charge in [-0.05, 0) is 48.8 Å². The number of aryl methyl sites for hydroxylation is 1. The number of hydrogen-bond donors (Lipinski definition) is 0. The van der Waals surface area contributed by atoms with E-state index in [0.29, 0.717) is 11.3 Å². The van der Waals surface area contributed by atoms with Gasteiger partial charge in [0.15, 0.2) is 5.82 Å². The van der Waals surface area contributed by atoms with E-state index in [2.05, 4.69) is 46.4 Å². The van der Waals surface area contributed by atoms with Gasteiger partial charge in [0.05, 0.1) is 15.4 Å². The van der Waals surface area contributed by atoms with Gasteiger partial charge in [0.25, 0.3) is 0 Å². The second-order valence-electron chi connectivity index (χ2n) is 4.00. The largest absolute Gasteiger partial charge is 0.367 e. The molecule has 0 aromatic carbocycles. The van der Waals surface area contributed by atoms with E-state index in [1.807, 2.05) is 0 Å². The molecule has 1 aliphatic rings. The summed E-state index contributed by atoms with van der Waals surface area (Å²) < 4.78 is 6.71. The van der Waals surface area contributed by atoms with Crippen LogP contribution in [0.25, 0.3) is 0 Å². The van der Waals surface area contributed by atoms with Crippen molar-refractivity contribution in [1.29, 1.82) is 0 Å². The minimum atomic E-state index is 0.0230. The molecule has 1 fully saturated rings. The summed E-state index contributed by atoms with van der Waals surface area (Å²) in [5, 5.41) is 0.547. The topological polar surface area (TPSA) is 35.0 Å². The first-order valence-corrected chi connectivity index (χ1v) is 6.94. The summed E-state index contributed by atoms with van der Waals surface area (Å²) in [5.74, 6) is 0.742. The minimum Gasteiger partial charge on any atom is -0.367 e. The molecule has 5 heteroatoms. The minimum absolute atomic E-state index is 0.0230. The van der Waals surface area contributed by atoms with E-state index in [0.717, 1.165) is 34.4 Å². The standard InChI is InChI=1S/C11H14ClIN2O/c1-3-7-9(13)10(12)15-11(14-7)8-5-4-6(2)16-8/h6,8H,3-5H2,1-2H3. The van der Waals surface area contributed by atoms with E-state index in [4.69, 9.17) is 16.3 Å². The Morgan fingerprint density at radius 1 is 1.44 bits per heavy atom. The van der Waals surface area contributed by atoms with Gasteiger partial charge < -0.3 is 4.74 Å². The molecule has 2 unspecified atom stereocenters. The van der Waals surface area contributed by atoms with Gasteiger partial charge >= 0.3 is 0 Å². The van der Waals surface area contributed by atoms with E-state index in [9.17, 15) is 0 Å². The van der Waals surface area contributed by atoms with E-state index < -0.39 is 0 Å². The van der Waals surface area contributed by atoms with Gasteiger partial charge in [-0.2, -0.15) is 0 Å². The van der Waals surface area contributed by atoms with Crippen LogP contribution >= 0.6 is 34.2 Å². The summed E-state index contributed by atoms with van der Waals surface area (Å²) in [5.41, 5.74) is 1.01. The highest BCUT2D eigenvalue weighted by atomic mass is 127. The molecule has 0 spiro atoms. The van der Waals surface area contributed by atoms with Gasteiger partial charge in [-0.25, -0.2) is 9.97 Å². The number of hydrogen-bond acceptors (Lipinski definition) is 3. The van der Waals surface area contributed by atoms with E-state index in [-0.39, 0.29) is 6.10 Å². The number of aromatic nitrogens is 2. The first kappa shape index (κ1) is 12.5. The normalized spacial score (nSPS) is 25.0. The maximum absolute atomic E-state index is 6.10. The fourth-order valence-corrected chi connectivity index (χ4v) is 2.67. The molecule has 3 nitrogen and oxygen atoms in total. The highest BCUT2D eigenvalue weighted by Gasteiger charge is 2.26. The van der Waals surface area contributed by atoms with Crippen LogP contribution in [0, 0.1) is 3.57 Å². The zero-order valence-electron chi connectivity index (χ0n) is 9.33. The first-order valence-electron chi connectivity index (χ1n) is 5.49. The van der Waals surface area contributed by atoms with Crippen LogP contribution < -0.4 is 0 Å². The van der Waals surface area contributed by atoms with E-state index in [1.165, 1.54) is 0 Å². The number of ether oxygens (including phenoxy) is 1. The van der Waals surface area contributed by atoms with Gasteiger partial charge in [-0.3, -0.25) is 0 Å². The molecule has 2 heterocycles. The third kappa shape index (κ3) is 2.49. The lowest BCUT2D eigenvalue weighted by molar-refractivity contribution is 0.0501. The lowest BCUT2D eigenvalue weighted by Crippen LogP contribution is -2.09. The third-order valence-electron chi connectivity index (χ3n) is 2.75. The maximum Gasteiger partial charge on any atom is 0.159 e. The average Bonchev–Trinajstić information content (AvgIpc) is 2.69. The Labute approximate surface area is 114 Å². The summed E-state index contributed by atoms with van der Waals surface area (Å²) in [7, 11) is 0. The van der Waals surface area contributed by atoms with Crippen LogP contribution in [-0.4, -0.2) is 16.1 Å². The van der Waals surface area contributed by atoms with Crippen molar-refractivity contribution < 1.29 is 4.74 Å². The van der Waals surface area contributed by atoms with Crippen molar-refractivity contribution in [3.63, 3.8) is 0 Å². The van der Waals surface area contributed by atoms with Crippen LogP contribution in [0.5, 0.6) is 0 Å². The molecule has 1 saturated heterocycles. The predicted molar refractivity (Wildman–Crippen MR) is 71.7 cm³/mol. The molecule has 1 aromatic heterocycles. The summed E-state index contributed by atoms with van der Waals surface area (Å²) in [6.07, 6.45) is 3.25. The summed E-state index contributed by atoms with van der Waals surface area (Å²) in [6, 6.07) is 0. The number of halogens is 2. The zero-order chi connectivity index (χ0) is 11.7. The second kappa shape index (κ2) is 5.14.